The van der Waals surface area contributed by atoms with Crippen LogP contribution in [0.2, 0.25) is 0 Å². The summed E-state index contributed by atoms with van der Waals surface area (Å²) in [5.74, 6) is 2.83. The maximum Gasteiger partial charge on any atom is 0.0230 e. The highest BCUT2D eigenvalue weighted by Crippen LogP contribution is 2.41. The highest BCUT2D eigenvalue weighted by Gasteiger charge is 2.23. The van der Waals surface area contributed by atoms with Gasteiger partial charge in [0.2, 0.25) is 0 Å². The molecule has 0 N–H and O–H groups in total. The standard InChI is InChI=1S/C10H22S2/c1-8(2)7-11-12-10(5,6)9(3)4/h8-9H,7H2,1-6H3. The second-order valence-electron chi connectivity index (χ2n) is 4.52. The van der Waals surface area contributed by atoms with Gasteiger partial charge < -0.3 is 0 Å². The van der Waals surface area contributed by atoms with Crippen molar-refractivity contribution in [2.45, 2.75) is 46.3 Å². The molecule has 0 amide bonds. The highest BCUT2D eigenvalue weighted by atomic mass is 33.1. The first-order valence-electron chi connectivity index (χ1n) is 4.67. The molecule has 12 heavy (non-hydrogen) atoms. The van der Waals surface area contributed by atoms with Crippen LogP contribution in [0.5, 0.6) is 0 Å². The molecule has 0 fully saturated rings. The molecule has 0 atom stereocenters. The lowest BCUT2D eigenvalue weighted by atomic mass is 10.00. The number of hydrogen-bond donors (Lipinski definition) is 0. The zero-order valence-corrected chi connectivity index (χ0v) is 10.8. The van der Waals surface area contributed by atoms with Gasteiger partial charge in [0, 0.05) is 10.5 Å². The first-order valence-corrected chi connectivity index (χ1v) is 6.98. The Morgan fingerprint density at radius 1 is 1.08 bits per heavy atom. The van der Waals surface area contributed by atoms with E-state index in [9.17, 15) is 0 Å². The van der Waals surface area contributed by atoms with Crippen LogP contribution in [-0.4, -0.2) is 10.5 Å². The maximum absolute atomic E-state index is 2.33. The van der Waals surface area contributed by atoms with Crippen LogP contribution in [0.4, 0.5) is 0 Å². The Morgan fingerprint density at radius 2 is 1.58 bits per heavy atom. The minimum Gasteiger partial charge on any atom is -0.0933 e. The van der Waals surface area contributed by atoms with E-state index in [2.05, 4.69) is 41.5 Å². The van der Waals surface area contributed by atoms with Gasteiger partial charge in [-0.3, -0.25) is 0 Å². The average molecular weight is 206 g/mol. The molecule has 0 aliphatic carbocycles. The summed E-state index contributed by atoms with van der Waals surface area (Å²) in [6.45, 7) is 13.8. The van der Waals surface area contributed by atoms with Crippen LogP contribution in [-0.2, 0) is 0 Å². The summed E-state index contributed by atoms with van der Waals surface area (Å²) < 4.78 is 0.416. The molecule has 0 rings (SSSR count). The monoisotopic (exact) mass is 206 g/mol. The predicted molar refractivity (Wildman–Crippen MR) is 63.8 cm³/mol. The lowest BCUT2D eigenvalue weighted by molar-refractivity contribution is 0.507. The van der Waals surface area contributed by atoms with E-state index in [-0.39, 0.29) is 0 Å². The van der Waals surface area contributed by atoms with Crippen molar-refractivity contribution in [2.75, 3.05) is 5.75 Å². The van der Waals surface area contributed by atoms with Crippen molar-refractivity contribution >= 4 is 21.6 Å². The molecule has 0 radical (unpaired) electrons. The molecule has 0 aliphatic heterocycles. The third-order valence-corrected chi connectivity index (χ3v) is 5.94. The Bertz CT molecular complexity index is 117. The fourth-order valence-corrected chi connectivity index (χ4v) is 3.76. The third kappa shape index (κ3) is 5.36. The quantitative estimate of drug-likeness (QED) is 0.609. The van der Waals surface area contributed by atoms with E-state index in [1.54, 1.807) is 0 Å². The first kappa shape index (κ1) is 12.7. The minimum atomic E-state index is 0.416. The van der Waals surface area contributed by atoms with Crippen LogP contribution < -0.4 is 0 Å². The molecule has 0 saturated heterocycles. The van der Waals surface area contributed by atoms with Crippen molar-refractivity contribution in [1.82, 2.24) is 0 Å². The SMILES string of the molecule is CC(C)CSSC(C)(C)C(C)C. The number of hydrogen-bond acceptors (Lipinski definition) is 2. The maximum atomic E-state index is 2.33. The molecule has 74 valence electrons. The minimum absolute atomic E-state index is 0.416. The molecule has 0 aromatic heterocycles. The normalized spacial score (nSPS) is 13.0. The average Bonchev–Trinajstić information content (AvgIpc) is 1.85. The molecule has 0 bridgehead atoms. The van der Waals surface area contributed by atoms with E-state index in [1.165, 1.54) is 5.75 Å². The highest BCUT2D eigenvalue weighted by molar-refractivity contribution is 8.77. The summed E-state index contributed by atoms with van der Waals surface area (Å²) in [5.41, 5.74) is 0. The van der Waals surface area contributed by atoms with Crippen molar-refractivity contribution in [3.63, 3.8) is 0 Å². The van der Waals surface area contributed by atoms with E-state index in [1.807, 2.05) is 21.6 Å². The van der Waals surface area contributed by atoms with E-state index >= 15 is 0 Å². The molecule has 0 unspecified atom stereocenters. The van der Waals surface area contributed by atoms with E-state index in [0.717, 1.165) is 11.8 Å². The van der Waals surface area contributed by atoms with Gasteiger partial charge in [-0.2, -0.15) is 0 Å². The predicted octanol–water partition coefficient (Wildman–Crippen LogP) is 4.46. The summed E-state index contributed by atoms with van der Waals surface area (Å²) in [5, 5.41) is 0. The van der Waals surface area contributed by atoms with Gasteiger partial charge in [-0.15, -0.1) is 0 Å². The van der Waals surface area contributed by atoms with E-state index < -0.39 is 0 Å². The van der Waals surface area contributed by atoms with Gasteiger partial charge in [-0.25, -0.2) is 0 Å². The van der Waals surface area contributed by atoms with Gasteiger partial charge >= 0.3 is 0 Å². The van der Waals surface area contributed by atoms with Crippen LogP contribution in [0, 0.1) is 11.8 Å². The molecule has 0 nitrogen and oxygen atoms in total. The first-order chi connectivity index (χ1) is 5.36. The van der Waals surface area contributed by atoms with Crippen molar-refractivity contribution in [1.29, 1.82) is 0 Å². The molecule has 0 spiro atoms. The Labute approximate surface area is 85.7 Å². The smallest absolute Gasteiger partial charge is 0.0230 e. The van der Waals surface area contributed by atoms with Crippen molar-refractivity contribution in [3.8, 4) is 0 Å². The Balaban J connectivity index is 3.61. The van der Waals surface area contributed by atoms with Crippen molar-refractivity contribution < 1.29 is 0 Å². The molecule has 0 heterocycles. The zero-order chi connectivity index (χ0) is 9.78. The van der Waals surface area contributed by atoms with Crippen LogP contribution in [0.15, 0.2) is 0 Å². The van der Waals surface area contributed by atoms with Gasteiger partial charge in [0.1, 0.15) is 0 Å². The van der Waals surface area contributed by atoms with Crippen LogP contribution >= 0.6 is 21.6 Å². The molecular formula is C10H22S2. The van der Waals surface area contributed by atoms with Gasteiger partial charge in [-0.05, 0) is 25.7 Å². The third-order valence-electron chi connectivity index (χ3n) is 2.07. The molecule has 2 heteroatoms. The lowest BCUT2D eigenvalue weighted by Gasteiger charge is -2.27. The molecule has 0 aromatic rings. The van der Waals surface area contributed by atoms with Gasteiger partial charge in [0.05, 0.1) is 0 Å². The topological polar surface area (TPSA) is 0 Å². The van der Waals surface area contributed by atoms with Crippen LogP contribution in [0.1, 0.15) is 41.5 Å². The van der Waals surface area contributed by atoms with E-state index in [0.29, 0.717) is 4.75 Å². The Morgan fingerprint density at radius 3 is 1.92 bits per heavy atom. The van der Waals surface area contributed by atoms with Crippen molar-refractivity contribution in [2.24, 2.45) is 11.8 Å². The van der Waals surface area contributed by atoms with Gasteiger partial charge in [0.25, 0.3) is 0 Å². The summed E-state index contributed by atoms with van der Waals surface area (Å²) >= 11 is 0. The van der Waals surface area contributed by atoms with Gasteiger partial charge in [0.15, 0.2) is 0 Å². The van der Waals surface area contributed by atoms with E-state index in [4.69, 9.17) is 0 Å². The number of rotatable bonds is 5. The summed E-state index contributed by atoms with van der Waals surface area (Å²) in [7, 11) is 4.05. The fourth-order valence-electron chi connectivity index (χ4n) is 0.418. The second kappa shape index (κ2) is 5.43. The summed E-state index contributed by atoms with van der Waals surface area (Å²) in [4.78, 5) is 0. The fraction of sp³-hybridized carbons (Fsp3) is 1.00. The Hall–Kier alpha value is 0.700. The molecule has 0 saturated carbocycles. The molecule has 0 aliphatic rings. The van der Waals surface area contributed by atoms with Gasteiger partial charge in [-0.1, -0.05) is 49.3 Å². The molecular weight excluding hydrogens is 184 g/mol. The summed E-state index contributed by atoms with van der Waals surface area (Å²) in [6, 6.07) is 0. The Kier molecular flexibility index (Phi) is 5.75. The lowest BCUT2D eigenvalue weighted by Crippen LogP contribution is -2.21. The second-order valence-corrected chi connectivity index (χ2v) is 7.51. The van der Waals surface area contributed by atoms with Crippen LogP contribution in [0.3, 0.4) is 0 Å². The zero-order valence-electron chi connectivity index (χ0n) is 9.18. The van der Waals surface area contributed by atoms with Crippen molar-refractivity contribution in [3.05, 3.63) is 0 Å². The van der Waals surface area contributed by atoms with Crippen LogP contribution in [0.25, 0.3) is 0 Å². The largest absolute Gasteiger partial charge is 0.0933 e. The molecule has 0 aromatic carbocycles. The summed E-state index contributed by atoms with van der Waals surface area (Å²) in [6.07, 6.45) is 0.